The summed E-state index contributed by atoms with van der Waals surface area (Å²) in [6, 6.07) is 10.2. The number of hydrogen-bond acceptors (Lipinski definition) is 5. The lowest BCUT2D eigenvalue weighted by atomic mass is 10.1. The number of amides is 1. The van der Waals surface area contributed by atoms with Crippen LogP contribution in [0.15, 0.2) is 47.8 Å². The predicted molar refractivity (Wildman–Crippen MR) is 102 cm³/mol. The Bertz CT molecular complexity index is 1020. The summed E-state index contributed by atoms with van der Waals surface area (Å²) >= 11 is 1.12. The van der Waals surface area contributed by atoms with Crippen molar-refractivity contribution in [2.45, 2.75) is 20.0 Å². The molecule has 3 rings (SSSR count). The average molecular weight is 402 g/mol. The number of esters is 1. The van der Waals surface area contributed by atoms with Gasteiger partial charge in [-0.25, -0.2) is 18.6 Å². The van der Waals surface area contributed by atoms with E-state index >= 15 is 0 Å². The lowest BCUT2D eigenvalue weighted by molar-refractivity contribution is -0.123. The number of hydrogen-bond donors (Lipinski definition) is 1. The van der Waals surface area contributed by atoms with Crippen molar-refractivity contribution < 1.29 is 23.1 Å². The number of anilines is 1. The van der Waals surface area contributed by atoms with Crippen LogP contribution in [0.4, 0.5) is 13.9 Å². The second-order valence-electron chi connectivity index (χ2n) is 6.07. The summed E-state index contributed by atoms with van der Waals surface area (Å²) in [5.74, 6) is -3.08. The second kappa shape index (κ2) is 8.26. The Morgan fingerprint density at radius 2 is 1.82 bits per heavy atom. The highest BCUT2D eigenvalue weighted by Gasteiger charge is 2.20. The van der Waals surface area contributed by atoms with Crippen molar-refractivity contribution in [1.82, 2.24) is 4.98 Å². The minimum Gasteiger partial charge on any atom is -0.449 e. The van der Waals surface area contributed by atoms with Crippen molar-refractivity contribution in [3.63, 3.8) is 0 Å². The van der Waals surface area contributed by atoms with Gasteiger partial charge in [0.05, 0.1) is 11.3 Å². The van der Waals surface area contributed by atoms with E-state index in [2.05, 4.69) is 10.3 Å². The molecule has 3 aromatic rings. The van der Waals surface area contributed by atoms with E-state index < -0.39 is 29.6 Å². The normalized spacial score (nSPS) is 11.7. The fourth-order valence-corrected chi connectivity index (χ4v) is 3.02. The molecule has 28 heavy (non-hydrogen) atoms. The summed E-state index contributed by atoms with van der Waals surface area (Å²) in [5.41, 5.74) is 2.13. The molecule has 0 saturated carbocycles. The minimum atomic E-state index is -1.04. The maximum atomic E-state index is 13.4. The summed E-state index contributed by atoms with van der Waals surface area (Å²) in [5, 5.41) is 4.40. The maximum Gasteiger partial charge on any atom is 0.338 e. The molecule has 2 aromatic carbocycles. The van der Waals surface area contributed by atoms with Crippen LogP contribution in [0.1, 0.15) is 22.8 Å². The molecule has 1 N–H and O–H groups in total. The molecule has 0 aliphatic carbocycles. The number of thiazole rings is 1. The molecule has 5 nitrogen and oxygen atoms in total. The number of nitrogens with one attached hydrogen (secondary N) is 1. The molecule has 1 unspecified atom stereocenters. The van der Waals surface area contributed by atoms with Crippen molar-refractivity contribution >= 4 is 28.3 Å². The van der Waals surface area contributed by atoms with Crippen LogP contribution in [-0.2, 0) is 9.53 Å². The Hall–Kier alpha value is -3.13. The first-order chi connectivity index (χ1) is 13.3. The number of carbonyl (C=O) groups is 2. The lowest BCUT2D eigenvalue weighted by Crippen LogP contribution is -2.29. The molecular formula is C20H16F2N2O3S. The number of rotatable bonds is 5. The number of carbonyl (C=O) groups excluding carboxylic acids is 2. The zero-order valence-corrected chi connectivity index (χ0v) is 15.8. The molecule has 0 spiro atoms. The number of nitrogens with zero attached hydrogens (tertiary/aromatic N) is 1. The first-order valence-electron chi connectivity index (χ1n) is 8.33. The fraction of sp³-hybridized carbons (Fsp3) is 0.150. The molecule has 0 bridgehead atoms. The van der Waals surface area contributed by atoms with Crippen LogP contribution in [0, 0.1) is 18.6 Å². The van der Waals surface area contributed by atoms with Gasteiger partial charge in [-0.1, -0.05) is 17.7 Å². The van der Waals surface area contributed by atoms with Crippen molar-refractivity contribution in [2.75, 3.05) is 5.32 Å². The highest BCUT2D eigenvalue weighted by atomic mass is 32.1. The summed E-state index contributed by atoms with van der Waals surface area (Å²) in [6.45, 7) is 3.35. The third-order valence-electron chi connectivity index (χ3n) is 3.89. The zero-order valence-electron chi connectivity index (χ0n) is 15.0. The van der Waals surface area contributed by atoms with Crippen LogP contribution < -0.4 is 5.32 Å². The van der Waals surface area contributed by atoms with E-state index in [0.29, 0.717) is 16.8 Å². The quantitative estimate of drug-likeness (QED) is 0.635. The first-order valence-corrected chi connectivity index (χ1v) is 9.21. The highest BCUT2D eigenvalue weighted by Crippen LogP contribution is 2.26. The molecule has 0 saturated heterocycles. The summed E-state index contributed by atoms with van der Waals surface area (Å²) in [6.07, 6.45) is -1.04. The van der Waals surface area contributed by atoms with E-state index in [-0.39, 0.29) is 5.13 Å². The smallest absolute Gasteiger partial charge is 0.338 e. The van der Waals surface area contributed by atoms with Crippen LogP contribution in [0.3, 0.4) is 0 Å². The monoisotopic (exact) mass is 402 g/mol. The topological polar surface area (TPSA) is 68.3 Å². The Morgan fingerprint density at radius 3 is 2.50 bits per heavy atom. The third-order valence-corrected chi connectivity index (χ3v) is 4.65. The van der Waals surface area contributed by atoms with Gasteiger partial charge in [0.2, 0.25) is 0 Å². The van der Waals surface area contributed by atoms with Gasteiger partial charge < -0.3 is 4.74 Å². The molecular weight excluding hydrogens is 386 g/mol. The van der Waals surface area contributed by atoms with Crippen molar-refractivity contribution in [3.8, 4) is 11.3 Å². The van der Waals surface area contributed by atoms with E-state index in [9.17, 15) is 18.4 Å². The maximum absolute atomic E-state index is 13.4. The van der Waals surface area contributed by atoms with Gasteiger partial charge in [0, 0.05) is 10.9 Å². The lowest BCUT2D eigenvalue weighted by Gasteiger charge is -2.12. The van der Waals surface area contributed by atoms with E-state index in [1.54, 1.807) is 29.6 Å². The molecule has 0 fully saturated rings. The molecule has 0 aliphatic heterocycles. The van der Waals surface area contributed by atoms with Gasteiger partial charge in [0.1, 0.15) is 0 Å². The molecule has 1 aromatic heterocycles. The van der Waals surface area contributed by atoms with E-state index in [1.807, 2.05) is 6.92 Å². The van der Waals surface area contributed by atoms with Crippen molar-refractivity contribution in [3.05, 3.63) is 70.6 Å². The van der Waals surface area contributed by atoms with Gasteiger partial charge in [-0.15, -0.1) is 11.3 Å². The van der Waals surface area contributed by atoms with Crippen molar-refractivity contribution in [2.24, 2.45) is 0 Å². The molecule has 0 aliphatic rings. The highest BCUT2D eigenvalue weighted by molar-refractivity contribution is 7.14. The zero-order chi connectivity index (χ0) is 20.3. The number of aryl methyl sites for hydroxylation is 1. The van der Waals surface area contributed by atoms with Gasteiger partial charge in [-0.05, 0) is 44.2 Å². The van der Waals surface area contributed by atoms with Gasteiger partial charge in [0.25, 0.3) is 5.91 Å². The van der Waals surface area contributed by atoms with Crippen molar-refractivity contribution in [1.29, 1.82) is 0 Å². The number of ether oxygens (including phenoxy) is 1. The number of aromatic nitrogens is 1. The first kappa shape index (κ1) is 19.6. The van der Waals surface area contributed by atoms with E-state index in [0.717, 1.165) is 29.0 Å². The molecule has 144 valence electrons. The number of benzene rings is 2. The summed E-state index contributed by atoms with van der Waals surface area (Å²) < 4.78 is 31.6. The number of halogens is 2. The molecule has 0 radical (unpaired) electrons. The fourth-order valence-electron chi connectivity index (χ4n) is 2.30. The van der Waals surface area contributed by atoms with Gasteiger partial charge >= 0.3 is 5.97 Å². The van der Waals surface area contributed by atoms with Gasteiger partial charge in [-0.3, -0.25) is 10.1 Å². The Labute approximate surface area is 164 Å². The van der Waals surface area contributed by atoms with Crippen LogP contribution in [-0.4, -0.2) is 23.0 Å². The molecule has 1 atom stereocenters. The Morgan fingerprint density at radius 1 is 1.11 bits per heavy atom. The van der Waals surface area contributed by atoms with Crippen LogP contribution in [0.25, 0.3) is 11.3 Å². The standard InChI is InChI=1S/C20H16F2N2O3S/c1-11-3-5-13(6-4-11)19(26)27-12(2)18(25)24-20-23-17(10-28-20)14-7-8-15(21)16(22)9-14/h3-10,12H,1-2H3,(H,23,24,25). The van der Waals surface area contributed by atoms with Crippen LogP contribution >= 0.6 is 11.3 Å². The van der Waals surface area contributed by atoms with Gasteiger partial charge in [0.15, 0.2) is 22.9 Å². The Kier molecular flexibility index (Phi) is 5.79. The predicted octanol–water partition coefficient (Wildman–Crippen LogP) is 4.58. The summed E-state index contributed by atoms with van der Waals surface area (Å²) in [4.78, 5) is 28.5. The minimum absolute atomic E-state index is 0.253. The van der Waals surface area contributed by atoms with Crippen LogP contribution in [0.5, 0.6) is 0 Å². The second-order valence-corrected chi connectivity index (χ2v) is 6.93. The Balaban J connectivity index is 1.62. The third kappa shape index (κ3) is 4.58. The molecule has 8 heteroatoms. The molecule has 1 heterocycles. The van der Waals surface area contributed by atoms with E-state index in [4.69, 9.17) is 4.74 Å². The SMILES string of the molecule is Cc1ccc(C(=O)OC(C)C(=O)Nc2nc(-c3ccc(F)c(F)c3)cs2)cc1. The largest absolute Gasteiger partial charge is 0.449 e. The van der Waals surface area contributed by atoms with Crippen LogP contribution in [0.2, 0.25) is 0 Å². The summed E-state index contributed by atoms with van der Waals surface area (Å²) in [7, 11) is 0. The van der Waals surface area contributed by atoms with E-state index in [1.165, 1.54) is 13.0 Å². The average Bonchev–Trinajstić information content (AvgIpc) is 3.12. The molecule has 1 amide bonds. The van der Waals surface area contributed by atoms with Gasteiger partial charge in [-0.2, -0.15) is 0 Å².